The van der Waals surface area contributed by atoms with Gasteiger partial charge in [0.05, 0.1) is 5.52 Å². The second-order valence-electron chi connectivity index (χ2n) is 3.28. The SMILES string of the molecule is CC(OC=O)c1c[nH]c2c(Br)cccc12. The van der Waals surface area contributed by atoms with E-state index in [1.54, 1.807) is 0 Å². The Bertz CT molecular complexity index is 492. The largest absolute Gasteiger partial charge is 0.460 e. The fourth-order valence-corrected chi connectivity index (χ4v) is 2.11. The molecule has 0 radical (unpaired) electrons. The van der Waals surface area contributed by atoms with Crippen LogP contribution in [0.3, 0.4) is 0 Å². The average Bonchev–Trinajstić information content (AvgIpc) is 2.63. The van der Waals surface area contributed by atoms with Crippen LogP contribution in [0.15, 0.2) is 28.9 Å². The lowest BCUT2D eigenvalue weighted by atomic mass is 10.1. The number of nitrogens with one attached hydrogen (secondary N) is 1. The highest BCUT2D eigenvalue weighted by Gasteiger charge is 2.12. The van der Waals surface area contributed by atoms with Crippen LogP contribution in [0, 0.1) is 0 Å². The van der Waals surface area contributed by atoms with Gasteiger partial charge in [-0.2, -0.15) is 0 Å². The Labute approximate surface area is 95.6 Å². The molecule has 0 spiro atoms. The highest BCUT2D eigenvalue weighted by molar-refractivity contribution is 9.10. The van der Waals surface area contributed by atoms with E-state index < -0.39 is 0 Å². The molecule has 78 valence electrons. The molecule has 2 rings (SSSR count). The van der Waals surface area contributed by atoms with Crippen LogP contribution in [-0.2, 0) is 9.53 Å². The van der Waals surface area contributed by atoms with Crippen molar-refractivity contribution in [3.63, 3.8) is 0 Å². The Hall–Kier alpha value is -1.29. The van der Waals surface area contributed by atoms with Crippen molar-refractivity contribution in [2.24, 2.45) is 0 Å². The van der Waals surface area contributed by atoms with Gasteiger partial charge in [-0.15, -0.1) is 0 Å². The molecule has 0 aliphatic rings. The molecule has 3 nitrogen and oxygen atoms in total. The van der Waals surface area contributed by atoms with E-state index in [4.69, 9.17) is 4.74 Å². The van der Waals surface area contributed by atoms with Gasteiger partial charge in [-0.05, 0) is 28.9 Å². The Balaban J connectivity index is 2.53. The van der Waals surface area contributed by atoms with Crippen LogP contribution in [-0.4, -0.2) is 11.5 Å². The molecule has 0 saturated carbocycles. The van der Waals surface area contributed by atoms with Crippen molar-refractivity contribution in [3.8, 4) is 0 Å². The minimum atomic E-state index is -0.231. The highest BCUT2D eigenvalue weighted by atomic mass is 79.9. The molecule has 1 aromatic carbocycles. The molecule has 1 unspecified atom stereocenters. The molecule has 1 aromatic heterocycles. The highest BCUT2D eigenvalue weighted by Crippen LogP contribution is 2.29. The number of aromatic amines is 1. The number of halogens is 1. The monoisotopic (exact) mass is 267 g/mol. The lowest BCUT2D eigenvalue weighted by Crippen LogP contribution is -1.96. The molecular formula is C11H10BrNO2. The van der Waals surface area contributed by atoms with Gasteiger partial charge in [0.1, 0.15) is 6.10 Å². The smallest absolute Gasteiger partial charge is 0.293 e. The number of hydrogen-bond acceptors (Lipinski definition) is 2. The molecule has 0 aliphatic carbocycles. The summed E-state index contributed by atoms with van der Waals surface area (Å²) >= 11 is 3.46. The van der Waals surface area contributed by atoms with Crippen molar-refractivity contribution in [2.45, 2.75) is 13.0 Å². The maximum atomic E-state index is 10.3. The number of para-hydroxylation sites is 1. The maximum Gasteiger partial charge on any atom is 0.293 e. The van der Waals surface area contributed by atoms with Crippen LogP contribution < -0.4 is 0 Å². The van der Waals surface area contributed by atoms with Crippen LogP contribution in [0.5, 0.6) is 0 Å². The Morgan fingerprint density at radius 1 is 1.53 bits per heavy atom. The number of rotatable bonds is 3. The van der Waals surface area contributed by atoms with E-state index in [0.29, 0.717) is 6.47 Å². The number of fused-ring (bicyclic) bond motifs is 1. The third-order valence-corrected chi connectivity index (χ3v) is 3.06. The fraction of sp³-hybridized carbons (Fsp3) is 0.182. The van der Waals surface area contributed by atoms with E-state index >= 15 is 0 Å². The predicted molar refractivity (Wildman–Crippen MR) is 61.6 cm³/mol. The number of aromatic nitrogens is 1. The molecule has 4 heteroatoms. The second-order valence-corrected chi connectivity index (χ2v) is 4.14. The van der Waals surface area contributed by atoms with Gasteiger partial charge in [-0.1, -0.05) is 12.1 Å². The Morgan fingerprint density at radius 3 is 3.07 bits per heavy atom. The third kappa shape index (κ3) is 1.77. The van der Waals surface area contributed by atoms with E-state index in [0.717, 1.165) is 20.9 Å². The molecule has 2 aromatic rings. The van der Waals surface area contributed by atoms with Crippen LogP contribution in [0.2, 0.25) is 0 Å². The molecule has 0 bridgehead atoms. The minimum absolute atomic E-state index is 0.231. The summed E-state index contributed by atoms with van der Waals surface area (Å²) in [6, 6.07) is 5.92. The van der Waals surface area contributed by atoms with Gasteiger partial charge in [0, 0.05) is 21.6 Å². The van der Waals surface area contributed by atoms with E-state index in [-0.39, 0.29) is 6.10 Å². The third-order valence-electron chi connectivity index (χ3n) is 2.39. The van der Waals surface area contributed by atoms with Crippen molar-refractivity contribution in [1.82, 2.24) is 4.98 Å². The molecule has 1 atom stereocenters. The van der Waals surface area contributed by atoms with Gasteiger partial charge in [0.15, 0.2) is 0 Å². The summed E-state index contributed by atoms with van der Waals surface area (Å²) in [5, 5.41) is 1.07. The lowest BCUT2D eigenvalue weighted by Gasteiger charge is -2.07. The van der Waals surface area contributed by atoms with Crippen LogP contribution in [0.25, 0.3) is 10.9 Å². The van der Waals surface area contributed by atoms with Gasteiger partial charge in [0.2, 0.25) is 0 Å². The Kier molecular flexibility index (Phi) is 2.77. The first-order valence-corrected chi connectivity index (χ1v) is 5.38. The van der Waals surface area contributed by atoms with Crippen molar-refractivity contribution in [3.05, 3.63) is 34.4 Å². The Morgan fingerprint density at radius 2 is 2.33 bits per heavy atom. The second kappa shape index (κ2) is 4.06. The first-order valence-electron chi connectivity index (χ1n) is 4.58. The van der Waals surface area contributed by atoms with Gasteiger partial charge in [-0.3, -0.25) is 4.79 Å². The molecule has 1 heterocycles. The first-order chi connectivity index (χ1) is 7.24. The topological polar surface area (TPSA) is 42.1 Å². The summed E-state index contributed by atoms with van der Waals surface area (Å²) in [4.78, 5) is 13.4. The zero-order valence-electron chi connectivity index (χ0n) is 8.16. The summed E-state index contributed by atoms with van der Waals surface area (Å²) in [6.45, 7) is 2.32. The van der Waals surface area contributed by atoms with Crippen LogP contribution in [0.1, 0.15) is 18.6 Å². The molecule has 0 amide bonds. The van der Waals surface area contributed by atoms with Crippen molar-refractivity contribution >= 4 is 33.3 Å². The van der Waals surface area contributed by atoms with Gasteiger partial charge in [0.25, 0.3) is 6.47 Å². The van der Waals surface area contributed by atoms with Crippen LogP contribution in [0.4, 0.5) is 0 Å². The predicted octanol–water partition coefficient (Wildman–Crippen LogP) is 3.16. The number of H-pyrrole nitrogens is 1. The number of ether oxygens (including phenoxy) is 1. The fourth-order valence-electron chi connectivity index (χ4n) is 1.63. The summed E-state index contributed by atoms with van der Waals surface area (Å²) in [5.74, 6) is 0. The van der Waals surface area contributed by atoms with E-state index in [9.17, 15) is 4.79 Å². The minimum Gasteiger partial charge on any atom is -0.460 e. The molecule has 15 heavy (non-hydrogen) atoms. The summed E-state index contributed by atoms with van der Waals surface area (Å²) in [6.07, 6.45) is 1.63. The van der Waals surface area contributed by atoms with Crippen molar-refractivity contribution in [1.29, 1.82) is 0 Å². The van der Waals surface area contributed by atoms with E-state index in [2.05, 4.69) is 20.9 Å². The lowest BCUT2D eigenvalue weighted by molar-refractivity contribution is -0.133. The molecule has 1 N–H and O–H groups in total. The molecule has 0 fully saturated rings. The van der Waals surface area contributed by atoms with Crippen LogP contribution >= 0.6 is 15.9 Å². The van der Waals surface area contributed by atoms with E-state index in [1.807, 2.05) is 31.3 Å². The summed E-state index contributed by atoms with van der Waals surface area (Å²) in [5.41, 5.74) is 2.01. The molecule has 0 aliphatic heterocycles. The maximum absolute atomic E-state index is 10.3. The zero-order chi connectivity index (χ0) is 10.8. The standard InChI is InChI=1S/C11H10BrNO2/c1-7(15-6-14)9-5-13-11-8(9)3-2-4-10(11)12/h2-7,13H,1H3. The average molecular weight is 268 g/mol. The van der Waals surface area contributed by atoms with Gasteiger partial charge < -0.3 is 9.72 Å². The quantitative estimate of drug-likeness (QED) is 0.869. The van der Waals surface area contributed by atoms with Gasteiger partial charge in [-0.25, -0.2) is 0 Å². The summed E-state index contributed by atoms with van der Waals surface area (Å²) in [7, 11) is 0. The number of carbonyl (C=O) groups excluding carboxylic acids is 1. The first kappa shape index (κ1) is 10.2. The van der Waals surface area contributed by atoms with E-state index in [1.165, 1.54) is 0 Å². The zero-order valence-corrected chi connectivity index (χ0v) is 9.74. The van der Waals surface area contributed by atoms with Gasteiger partial charge >= 0.3 is 0 Å². The number of benzene rings is 1. The summed E-state index contributed by atoms with van der Waals surface area (Å²) < 4.78 is 5.92. The number of hydrogen-bond donors (Lipinski definition) is 1. The van der Waals surface area contributed by atoms with Crippen molar-refractivity contribution < 1.29 is 9.53 Å². The molecule has 0 saturated heterocycles. The number of carbonyl (C=O) groups is 1. The van der Waals surface area contributed by atoms with Crippen molar-refractivity contribution in [2.75, 3.05) is 0 Å². The molecular weight excluding hydrogens is 258 g/mol. The normalized spacial score (nSPS) is 12.7.